The maximum atomic E-state index is 11.0. The number of benzene rings is 1. The average molecular weight is 240 g/mol. The van der Waals surface area contributed by atoms with Crippen LogP contribution in [0.25, 0.3) is 0 Å². The molecule has 0 saturated carbocycles. The van der Waals surface area contributed by atoms with Crippen LogP contribution in [0.15, 0.2) is 18.2 Å². The SMILES string of the molecule is Nc1ccc(Cl)cc1NCC1CCC(=O)N1. The zero-order chi connectivity index (χ0) is 11.5. The number of nitrogens with two attached hydrogens (primary N) is 1. The van der Waals surface area contributed by atoms with Gasteiger partial charge in [0.25, 0.3) is 0 Å². The van der Waals surface area contributed by atoms with Gasteiger partial charge < -0.3 is 16.4 Å². The Kier molecular flexibility index (Phi) is 3.19. The summed E-state index contributed by atoms with van der Waals surface area (Å²) in [5.74, 6) is 0.117. The van der Waals surface area contributed by atoms with Gasteiger partial charge in [0, 0.05) is 24.0 Å². The van der Waals surface area contributed by atoms with Crippen molar-refractivity contribution in [2.24, 2.45) is 0 Å². The zero-order valence-corrected chi connectivity index (χ0v) is 9.55. The molecule has 0 bridgehead atoms. The summed E-state index contributed by atoms with van der Waals surface area (Å²) in [7, 11) is 0. The average Bonchev–Trinajstić information content (AvgIpc) is 2.66. The topological polar surface area (TPSA) is 67.1 Å². The molecule has 5 heteroatoms. The summed E-state index contributed by atoms with van der Waals surface area (Å²) in [6, 6.07) is 5.48. The fourth-order valence-corrected chi connectivity index (χ4v) is 1.92. The molecule has 86 valence electrons. The normalized spacial score (nSPS) is 19.6. The van der Waals surface area contributed by atoms with E-state index in [0.717, 1.165) is 12.1 Å². The molecular formula is C11H14ClN3O. The summed E-state index contributed by atoms with van der Waals surface area (Å²) in [5, 5.41) is 6.72. The molecule has 0 aliphatic carbocycles. The molecule has 2 rings (SSSR count). The molecule has 16 heavy (non-hydrogen) atoms. The van der Waals surface area contributed by atoms with Crippen molar-refractivity contribution >= 4 is 28.9 Å². The van der Waals surface area contributed by atoms with Gasteiger partial charge in [-0.25, -0.2) is 0 Å². The lowest BCUT2D eigenvalue weighted by Gasteiger charge is -2.14. The zero-order valence-electron chi connectivity index (χ0n) is 8.79. The van der Waals surface area contributed by atoms with E-state index < -0.39 is 0 Å². The molecule has 1 unspecified atom stereocenters. The highest BCUT2D eigenvalue weighted by Gasteiger charge is 2.20. The molecule has 4 nitrogen and oxygen atoms in total. The number of nitrogens with one attached hydrogen (secondary N) is 2. The Morgan fingerprint density at radius 2 is 2.38 bits per heavy atom. The fraction of sp³-hybridized carbons (Fsp3) is 0.364. The molecule has 1 fully saturated rings. The van der Waals surface area contributed by atoms with Crippen molar-refractivity contribution in [3.8, 4) is 0 Å². The molecule has 1 amide bonds. The number of carbonyl (C=O) groups excluding carboxylic acids is 1. The van der Waals surface area contributed by atoms with Crippen LogP contribution in [-0.2, 0) is 4.79 Å². The van der Waals surface area contributed by atoms with Gasteiger partial charge in [0.05, 0.1) is 11.4 Å². The van der Waals surface area contributed by atoms with E-state index >= 15 is 0 Å². The third-order valence-electron chi connectivity index (χ3n) is 2.64. The lowest BCUT2D eigenvalue weighted by molar-refractivity contribution is -0.119. The highest BCUT2D eigenvalue weighted by atomic mass is 35.5. The van der Waals surface area contributed by atoms with Crippen molar-refractivity contribution in [3.63, 3.8) is 0 Å². The summed E-state index contributed by atoms with van der Waals surface area (Å²) in [5.41, 5.74) is 7.27. The first-order valence-electron chi connectivity index (χ1n) is 5.23. The van der Waals surface area contributed by atoms with Crippen LogP contribution in [0.2, 0.25) is 5.02 Å². The molecule has 0 spiro atoms. The molecule has 1 heterocycles. The summed E-state index contributed by atoms with van der Waals surface area (Å²) in [6.07, 6.45) is 1.48. The third-order valence-corrected chi connectivity index (χ3v) is 2.87. The van der Waals surface area contributed by atoms with Crippen molar-refractivity contribution in [1.82, 2.24) is 5.32 Å². The maximum absolute atomic E-state index is 11.0. The van der Waals surface area contributed by atoms with E-state index in [0.29, 0.717) is 23.7 Å². The Bertz CT molecular complexity index is 408. The highest BCUT2D eigenvalue weighted by Crippen LogP contribution is 2.23. The Hall–Kier alpha value is -1.42. The van der Waals surface area contributed by atoms with Crippen LogP contribution in [-0.4, -0.2) is 18.5 Å². The van der Waals surface area contributed by atoms with Crippen LogP contribution in [0, 0.1) is 0 Å². The Morgan fingerprint density at radius 3 is 3.06 bits per heavy atom. The van der Waals surface area contributed by atoms with Crippen molar-refractivity contribution in [2.75, 3.05) is 17.6 Å². The van der Waals surface area contributed by atoms with Crippen LogP contribution >= 0.6 is 11.6 Å². The lowest BCUT2D eigenvalue weighted by atomic mass is 10.2. The fourth-order valence-electron chi connectivity index (χ4n) is 1.75. The number of carbonyl (C=O) groups is 1. The van der Waals surface area contributed by atoms with Gasteiger partial charge >= 0.3 is 0 Å². The molecule has 0 aromatic heterocycles. The van der Waals surface area contributed by atoms with E-state index in [4.69, 9.17) is 17.3 Å². The summed E-state index contributed by atoms with van der Waals surface area (Å²) in [6.45, 7) is 0.677. The van der Waals surface area contributed by atoms with Crippen LogP contribution in [0.4, 0.5) is 11.4 Å². The molecule has 1 aliphatic heterocycles. The molecular weight excluding hydrogens is 226 g/mol. The van der Waals surface area contributed by atoms with E-state index in [1.165, 1.54) is 0 Å². The first-order valence-corrected chi connectivity index (χ1v) is 5.61. The monoisotopic (exact) mass is 239 g/mol. The Labute approximate surface area is 99.2 Å². The largest absolute Gasteiger partial charge is 0.397 e. The van der Waals surface area contributed by atoms with Gasteiger partial charge in [-0.3, -0.25) is 4.79 Å². The standard InChI is InChI=1S/C11H14ClN3O/c12-7-1-3-9(13)10(5-7)14-6-8-2-4-11(16)15-8/h1,3,5,8,14H,2,4,6,13H2,(H,15,16). The minimum Gasteiger partial charge on any atom is -0.397 e. The molecule has 1 aromatic rings. The maximum Gasteiger partial charge on any atom is 0.220 e. The number of rotatable bonds is 3. The van der Waals surface area contributed by atoms with E-state index in [-0.39, 0.29) is 11.9 Å². The Balaban J connectivity index is 1.94. The second-order valence-electron chi connectivity index (χ2n) is 3.92. The van der Waals surface area contributed by atoms with Gasteiger partial charge in [0.2, 0.25) is 5.91 Å². The van der Waals surface area contributed by atoms with Gasteiger partial charge in [0.15, 0.2) is 0 Å². The molecule has 0 radical (unpaired) electrons. The summed E-state index contributed by atoms with van der Waals surface area (Å²) in [4.78, 5) is 11.0. The van der Waals surface area contributed by atoms with Crippen LogP contribution < -0.4 is 16.4 Å². The smallest absolute Gasteiger partial charge is 0.220 e. The lowest BCUT2D eigenvalue weighted by Crippen LogP contribution is -2.31. The van der Waals surface area contributed by atoms with E-state index in [9.17, 15) is 4.79 Å². The second kappa shape index (κ2) is 4.61. The number of hydrogen-bond donors (Lipinski definition) is 3. The van der Waals surface area contributed by atoms with E-state index in [1.807, 2.05) is 0 Å². The van der Waals surface area contributed by atoms with Crippen LogP contribution in [0.3, 0.4) is 0 Å². The molecule has 4 N–H and O–H groups in total. The Morgan fingerprint density at radius 1 is 1.56 bits per heavy atom. The molecule has 1 saturated heterocycles. The number of nitrogen functional groups attached to an aromatic ring is 1. The number of anilines is 2. The second-order valence-corrected chi connectivity index (χ2v) is 4.35. The predicted molar refractivity (Wildman–Crippen MR) is 65.5 cm³/mol. The van der Waals surface area contributed by atoms with Gasteiger partial charge in [-0.05, 0) is 24.6 Å². The van der Waals surface area contributed by atoms with E-state index in [1.54, 1.807) is 18.2 Å². The molecule has 1 atom stereocenters. The van der Waals surface area contributed by atoms with Gasteiger partial charge in [-0.15, -0.1) is 0 Å². The quantitative estimate of drug-likeness (QED) is 0.702. The van der Waals surface area contributed by atoms with Crippen molar-refractivity contribution in [3.05, 3.63) is 23.2 Å². The van der Waals surface area contributed by atoms with Crippen LogP contribution in [0.1, 0.15) is 12.8 Å². The van der Waals surface area contributed by atoms with E-state index in [2.05, 4.69) is 10.6 Å². The van der Waals surface area contributed by atoms with Crippen molar-refractivity contribution < 1.29 is 4.79 Å². The van der Waals surface area contributed by atoms with Gasteiger partial charge in [-0.1, -0.05) is 11.6 Å². The number of hydrogen-bond acceptors (Lipinski definition) is 3. The first kappa shape index (κ1) is 11.1. The number of halogens is 1. The highest BCUT2D eigenvalue weighted by molar-refractivity contribution is 6.31. The van der Waals surface area contributed by atoms with Crippen molar-refractivity contribution in [2.45, 2.75) is 18.9 Å². The minimum absolute atomic E-state index is 0.117. The third kappa shape index (κ3) is 2.58. The molecule has 1 aromatic carbocycles. The minimum atomic E-state index is 0.117. The van der Waals surface area contributed by atoms with Gasteiger partial charge in [-0.2, -0.15) is 0 Å². The first-order chi connectivity index (χ1) is 7.65. The summed E-state index contributed by atoms with van der Waals surface area (Å²) < 4.78 is 0. The predicted octanol–water partition coefficient (Wildman–Crippen LogP) is 1.61. The summed E-state index contributed by atoms with van der Waals surface area (Å²) >= 11 is 5.87. The van der Waals surface area contributed by atoms with Gasteiger partial charge in [0.1, 0.15) is 0 Å². The number of amides is 1. The van der Waals surface area contributed by atoms with Crippen molar-refractivity contribution in [1.29, 1.82) is 0 Å². The molecule has 1 aliphatic rings. The van der Waals surface area contributed by atoms with Crippen LogP contribution in [0.5, 0.6) is 0 Å².